The van der Waals surface area contributed by atoms with Crippen LogP contribution in [0.4, 0.5) is 0 Å². The standard InChI is InChI=1S/C11H14ClNO3/c1-4-11(2,3)16-9-7(10(14)15)5-6-8(12)13-9/h5-6H,4H2,1-3H3,(H,14,15). The SMILES string of the molecule is CCC(C)(C)Oc1nc(Cl)ccc1C(=O)O. The van der Waals surface area contributed by atoms with Crippen LogP contribution >= 0.6 is 11.6 Å². The summed E-state index contributed by atoms with van der Waals surface area (Å²) < 4.78 is 5.55. The summed E-state index contributed by atoms with van der Waals surface area (Å²) in [5.41, 5.74) is -0.451. The molecule has 0 aliphatic heterocycles. The van der Waals surface area contributed by atoms with Crippen molar-refractivity contribution in [2.45, 2.75) is 32.8 Å². The number of hydrogen-bond acceptors (Lipinski definition) is 3. The highest BCUT2D eigenvalue weighted by Crippen LogP contribution is 2.24. The van der Waals surface area contributed by atoms with E-state index in [1.807, 2.05) is 20.8 Å². The van der Waals surface area contributed by atoms with E-state index >= 15 is 0 Å². The number of aromatic carboxylic acids is 1. The van der Waals surface area contributed by atoms with Gasteiger partial charge in [-0.3, -0.25) is 0 Å². The van der Waals surface area contributed by atoms with Crippen LogP contribution in [0.25, 0.3) is 0 Å². The Labute approximate surface area is 99.2 Å². The van der Waals surface area contributed by atoms with Crippen molar-refractivity contribution in [1.82, 2.24) is 4.98 Å². The Kier molecular flexibility index (Phi) is 3.75. The number of ether oxygens (including phenoxy) is 1. The van der Waals surface area contributed by atoms with Gasteiger partial charge in [0.2, 0.25) is 5.88 Å². The van der Waals surface area contributed by atoms with E-state index < -0.39 is 11.6 Å². The zero-order valence-corrected chi connectivity index (χ0v) is 10.2. The lowest BCUT2D eigenvalue weighted by Crippen LogP contribution is -2.28. The van der Waals surface area contributed by atoms with E-state index in [1.165, 1.54) is 12.1 Å². The molecular weight excluding hydrogens is 230 g/mol. The Hall–Kier alpha value is -1.29. The number of carbonyl (C=O) groups is 1. The highest BCUT2D eigenvalue weighted by molar-refractivity contribution is 6.29. The molecule has 0 atom stereocenters. The monoisotopic (exact) mass is 243 g/mol. The van der Waals surface area contributed by atoms with Gasteiger partial charge in [-0.25, -0.2) is 9.78 Å². The van der Waals surface area contributed by atoms with Gasteiger partial charge in [0.25, 0.3) is 0 Å². The largest absolute Gasteiger partial charge is 0.477 e. The molecular formula is C11H14ClNO3. The molecule has 0 saturated carbocycles. The van der Waals surface area contributed by atoms with Crippen molar-refractivity contribution < 1.29 is 14.6 Å². The van der Waals surface area contributed by atoms with Crippen molar-refractivity contribution in [3.05, 3.63) is 22.8 Å². The molecule has 0 spiro atoms. The van der Waals surface area contributed by atoms with Gasteiger partial charge in [-0.1, -0.05) is 18.5 Å². The smallest absolute Gasteiger partial charge is 0.341 e. The van der Waals surface area contributed by atoms with Crippen molar-refractivity contribution in [2.75, 3.05) is 0 Å². The number of nitrogens with zero attached hydrogens (tertiary/aromatic N) is 1. The van der Waals surface area contributed by atoms with Crippen molar-refractivity contribution in [2.24, 2.45) is 0 Å². The second kappa shape index (κ2) is 4.70. The Morgan fingerprint density at radius 1 is 1.56 bits per heavy atom. The summed E-state index contributed by atoms with van der Waals surface area (Å²) in [6.07, 6.45) is 0.736. The Bertz CT molecular complexity index is 404. The average molecular weight is 244 g/mol. The molecule has 0 aliphatic rings. The minimum absolute atomic E-state index is 0.0194. The molecule has 0 bridgehead atoms. The van der Waals surface area contributed by atoms with E-state index in [0.29, 0.717) is 0 Å². The fraction of sp³-hybridized carbons (Fsp3) is 0.455. The van der Waals surface area contributed by atoms with Crippen LogP contribution in [-0.4, -0.2) is 21.7 Å². The second-order valence-electron chi connectivity index (χ2n) is 4.01. The number of rotatable bonds is 4. The molecule has 0 radical (unpaired) electrons. The maximum Gasteiger partial charge on any atom is 0.341 e. The van der Waals surface area contributed by atoms with Crippen LogP contribution in [0, 0.1) is 0 Å². The summed E-state index contributed by atoms with van der Waals surface area (Å²) in [4.78, 5) is 14.8. The molecule has 0 aliphatic carbocycles. The van der Waals surface area contributed by atoms with Gasteiger partial charge in [-0.2, -0.15) is 0 Å². The summed E-state index contributed by atoms with van der Waals surface area (Å²) >= 11 is 5.71. The molecule has 1 rings (SSSR count). The molecule has 1 aromatic rings. The fourth-order valence-corrected chi connectivity index (χ4v) is 1.13. The van der Waals surface area contributed by atoms with Crippen molar-refractivity contribution in [3.63, 3.8) is 0 Å². The molecule has 88 valence electrons. The second-order valence-corrected chi connectivity index (χ2v) is 4.39. The summed E-state index contributed by atoms with van der Waals surface area (Å²) in [6.45, 7) is 5.67. The highest BCUT2D eigenvalue weighted by atomic mass is 35.5. The van der Waals surface area contributed by atoms with Crippen LogP contribution in [0.3, 0.4) is 0 Å². The van der Waals surface area contributed by atoms with Gasteiger partial charge in [0.1, 0.15) is 16.3 Å². The summed E-state index contributed by atoms with van der Waals surface area (Å²) in [5, 5.41) is 9.18. The van der Waals surface area contributed by atoms with Crippen LogP contribution in [0.1, 0.15) is 37.6 Å². The van der Waals surface area contributed by atoms with Gasteiger partial charge in [-0.05, 0) is 32.4 Å². The van der Waals surface area contributed by atoms with Crippen molar-refractivity contribution in [1.29, 1.82) is 0 Å². The topological polar surface area (TPSA) is 59.4 Å². The third-order valence-corrected chi connectivity index (χ3v) is 2.49. The van der Waals surface area contributed by atoms with Gasteiger partial charge in [0.05, 0.1) is 0 Å². The van der Waals surface area contributed by atoms with Gasteiger partial charge in [-0.15, -0.1) is 0 Å². The van der Waals surface area contributed by atoms with E-state index in [1.54, 1.807) is 0 Å². The van der Waals surface area contributed by atoms with E-state index in [0.717, 1.165) is 6.42 Å². The van der Waals surface area contributed by atoms with Crippen molar-refractivity contribution in [3.8, 4) is 5.88 Å². The zero-order valence-electron chi connectivity index (χ0n) is 9.45. The maximum atomic E-state index is 10.9. The summed E-state index contributed by atoms with van der Waals surface area (Å²) in [7, 11) is 0. The first kappa shape index (κ1) is 12.8. The number of carboxylic acids is 1. The Balaban J connectivity index is 3.10. The molecule has 0 amide bonds. The number of carboxylic acid groups (broad SMARTS) is 1. The lowest BCUT2D eigenvalue weighted by molar-refractivity contribution is 0.0664. The van der Waals surface area contributed by atoms with E-state index in [2.05, 4.69) is 4.98 Å². The maximum absolute atomic E-state index is 10.9. The van der Waals surface area contributed by atoms with E-state index in [4.69, 9.17) is 21.4 Å². The quantitative estimate of drug-likeness (QED) is 0.826. The van der Waals surface area contributed by atoms with Gasteiger partial charge >= 0.3 is 5.97 Å². The first-order chi connectivity index (χ1) is 7.35. The van der Waals surface area contributed by atoms with E-state index in [9.17, 15) is 4.79 Å². The molecule has 1 heterocycles. The zero-order chi connectivity index (χ0) is 12.3. The number of aromatic nitrogens is 1. The number of halogens is 1. The van der Waals surface area contributed by atoms with Gasteiger partial charge in [0.15, 0.2) is 0 Å². The molecule has 1 aromatic heterocycles. The lowest BCUT2D eigenvalue weighted by atomic mass is 10.1. The molecule has 0 fully saturated rings. The molecule has 0 unspecified atom stereocenters. The lowest BCUT2D eigenvalue weighted by Gasteiger charge is -2.24. The Morgan fingerprint density at radius 2 is 2.19 bits per heavy atom. The van der Waals surface area contributed by atoms with Crippen LogP contribution in [0.5, 0.6) is 5.88 Å². The minimum atomic E-state index is -1.08. The summed E-state index contributed by atoms with van der Waals surface area (Å²) in [6, 6.07) is 2.82. The summed E-state index contributed by atoms with van der Waals surface area (Å²) in [5.74, 6) is -1.02. The highest BCUT2D eigenvalue weighted by Gasteiger charge is 2.22. The molecule has 1 N–H and O–H groups in total. The molecule has 0 aromatic carbocycles. The number of pyridine rings is 1. The van der Waals surface area contributed by atoms with Crippen LogP contribution in [0.2, 0.25) is 5.15 Å². The van der Waals surface area contributed by atoms with Gasteiger partial charge in [0, 0.05) is 0 Å². The Morgan fingerprint density at radius 3 is 2.69 bits per heavy atom. The third-order valence-electron chi connectivity index (χ3n) is 2.28. The number of hydrogen-bond donors (Lipinski definition) is 1. The molecule has 0 saturated heterocycles. The first-order valence-corrected chi connectivity index (χ1v) is 5.32. The van der Waals surface area contributed by atoms with E-state index in [-0.39, 0.29) is 16.6 Å². The first-order valence-electron chi connectivity index (χ1n) is 4.94. The van der Waals surface area contributed by atoms with Crippen LogP contribution in [0.15, 0.2) is 12.1 Å². The molecule has 4 nitrogen and oxygen atoms in total. The minimum Gasteiger partial charge on any atom is -0.477 e. The van der Waals surface area contributed by atoms with Crippen LogP contribution in [-0.2, 0) is 0 Å². The third kappa shape index (κ3) is 3.10. The predicted molar refractivity (Wildman–Crippen MR) is 61.2 cm³/mol. The predicted octanol–water partition coefficient (Wildman–Crippen LogP) is 3.00. The fourth-order valence-electron chi connectivity index (χ4n) is 0.992. The van der Waals surface area contributed by atoms with Crippen LogP contribution < -0.4 is 4.74 Å². The molecule has 16 heavy (non-hydrogen) atoms. The molecule has 5 heteroatoms. The normalized spacial score (nSPS) is 11.2. The average Bonchev–Trinajstić information content (AvgIpc) is 2.16. The van der Waals surface area contributed by atoms with Gasteiger partial charge < -0.3 is 9.84 Å². The van der Waals surface area contributed by atoms with Crippen molar-refractivity contribution >= 4 is 17.6 Å².